The van der Waals surface area contributed by atoms with Gasteiger partial charge in [0.15, 0.2) is 12.1 Å². The maximum absolute atomic E-state index is 12.8. The molecule has 0 radical (unpaired) electrons. The van der Waals surface area contributed by atoms with Crippen molar-refractivity contribution >= 4 is 17.9 Å². The van der Waals surface area contributed by atoms with Crippen LogP contribution in [-0.4, -0.2) is 80.6 Å². The molecule has 0 aromatic heterocycles. The van der Waals surface area contributed by atoms with E-state index in [1.165, 1.54) is 154 Å². The Morgan fingerprint density at radius 2 is 0.847 bits per heavy atom. The van der Waals surface area contributed by atoms with E-state index < -0.39 is 18.1 Å². The zero-order chi connectivity index (χ0) is 43.5. The number of unbranched alkanes of at least 4 members (excludes halogenated alkanes) is 27. The van der Waals surface area contributed by atoms with Gasteiger partial charge in [-0.25, -0.2) is 4.79 Å². The Morgan fingerprint density at radius 1 is 0.492 bits per heavy atom. The third kappa shape index (κ3) is 41.0. The Hall–Kier alpha value is -2.19. The summed E-state index contributed by atoms with van der Waals surface area (Å²) in [6, 6.07) is -0.615. The molecule has 0 rings (SSSR count). The van der Waals surface area contributed by atoms with E-state index in [0.717, 1.165) is 44.9 Å². The van der Waals surface area contributed by atoms with Gasteiger partial charge in [0.25, 0.3) is 0 Å². The van der Waals surface area contributed by atoms with Gasteiger partial charge >= 0.3 is 17.9 Å². The van der Waals surface area contributed by atoms with Gasteiger partial charge in [-0.05, 0) is 64.2 Å². The summed E-state index contributed by atoms with van der Waals surface area (Å²) in [6.45, 7) is 4.75. The first kappa shape index (κ1) is 56.8. The molecule has 8 nitrogen and oxygen atoms in total. The first-order chi connectivity index (χ1) is 28.6. The van der Waals surface area contributed by atoms with Crippen molar-refractivity contribution in [2.24, 2.45) is 0 Å². The summed E-state index contributed by atoms with van der Waals surface area (Å²) in [5.41, 5.74) is 0. The third-order valence-electron chi connectivity index (χ3n) is 11.3. The van der Waals surface area contributed by atoms with Crippen LogP contribution in [0.25, 0.3) is 0 Å². The van der Waals surface area contributed by atoms with Crippen molar-refractivity contribution in [1.82, 2.24) is 0 Å². The van der Waals surface area contributed by atoms with Crippen LogP contribution in [0.1, 0.15) is 232 Å². The minimum Gasteiger partial charge on any atom is -0.477 e. The van der Waals surface area contributed by atoms with E-state index in [1.54, 1.807) is 0 Å². The van der Waals surface area contributed by atoms with Gasteiger partial charge in [0, 0.05) is 19.3 Å². The summed E-state index contributed by atoms with van der Waals surface area (Å²) in [5, 5.41) is 9.64. The normalized spacial score (nSPS) is 13.0. The SMILES string of the molecule is CCCCCCCC/C=C/CCCCCCCCCC(=O)OC(COCCC(C(=O)O)[N+](C)(C)C)COC(=O)CCCCCCC/C=C/CCCCCCCCCCC. The molecule has 59 heavy (non-hydrogen) atoms. The van der Waals surface area contributed by atoms with E-state index in [-0.39, 0.29) is 36.2 Å². The molecule has 0 aliphatic rings. The Labute approximate surface area is 364 Å². The summed E-state index contributed by atoms with van der Waals surface area (Å²) in [5.74, 6) is -1.47. The van der Waals surface area contributed by atoms with E-state index in [9.17, 15) is 19.5 Å². The average Bonchev–Trinajstić information content (AvgIpc) is 3.19. The first-order valence-corrected chi connectivity index (χ1v) is 24.9. The van der Waals surface area contributed by atoms with E-state index in [1.807, 2.05) is 21.1 Å². The number of quaternary nitrogens is 1. The van der Waals surface area contributed by atoms with Crippen LogP contribution >= 0.6 is 0 Å². The summed E-state index contributed by atoms with van der Waals surface area (Å²) >= 11 is 0. The molecule has 8 heteroatoms. The minimum atomic E-state index is -0.874. The van der Waals surface area contributed by atoms with Gasteiger partial charge in [-0.15, -0.1) is 0 Å². The number of carbonyl (C=O) groups excluding carboxylic acids is 2. The highest BCUT2D eigenvalue weighted by Gasteiger charge is 2.31. The largest absolute Gasteiger partial charge is 0.477 e. The maximum atomic E-state index is 12.8. The predicted molar refractivity (Wildman–Crippen MR) is 248 cm³/mol. The Kier molecular flexibility index (Phi) is 40.9. The van der Waals surface area contributed by atoms with E-state index in [0.29, 0.717) is 19.3 Å². The summed E-state index contributed by atoms with van der Waals surface area (Å²) in [6.07, 6.45) is 47.9. The molecule has 0 amide bonds. The lowest BCUT2D eigenvalue weighted by molar-refractivity contribution is -0.887. The molecule has 2 unspecified atom stereocenters. The fraction of sp³-hybridized carbons (Fsp3) is 0.863. The second-order valence-corrected chi connectivity index (χ2v) is 18.1. The van der Waals surface area contributed by atoms with Crippen LogP contribution in [0.2, 0.25) is 0 Å². The lowest BCUT2D eigenvalue weighted by Gasteiger charge is -2.31. The number of carboxylic acids is 1. The molecule has 0 heterocycles. The minimum absolute atomic E-state index is 0.0537. The van der Waals surface area contributed by atoms with Crippen molar-refractivity contribution in [3.05, 3.63) is 24.3 Å². The Morgan fingerprint density at radius 3 is 1.22 bits per heavy atom. The van der Waals surface area contributed by atoms with Gasteiger partial charge in [-0.2, -0.15) is 0 Å². The molecule has 1 N–H and O–H groups in total. The molecule has 346 valence electrons. The molecule has 0 saturated heterocycles. The number of nitrogens with zero attached hydrogens (tertiary/aromatic N) is 1. The zero-order valence-electron chi connectivity index (χ0n) is 39.5. The summed E-state index contributed by atoms with van der Waals surface area (Å²) in [4.78, 5) is 37.1. The molecule has 0 aromatic rings. The molecule has 0 bridgehead atoms. The number of allylic oxidation sites excluding steroid dienone is 4. The van der Waals surface area contributed by atoms with Crippen LogP contribution in [-0.2, 0) is 28.6 Å². The fourth-order valence-corrected chi connectivity index (χ4v) is 7.43. The lowest BCUT2D eigenvalue weighted by atomic mass is 10.1. The third-order valence-corrected chi connectivity index (χ3v) is 11.3. The van der Waals surface area contributed by atoms with Crippen molar-refractivity contribution in [3.8, 4) is 0 Å². The average molecular weight is 835 g/mol. The van der Waals surface area contributed by atoms with E-state index in [2.05, 4.69) is 38.2 Å². The Bertz CT molecular complexity index is 1020. The second kappa shape index (κ2) is 42.5. The summed E-state index contributed by atoms with van der Waals surface area (Å²) < 4.78 is 17.3. The van der Waals surface area contributed by atoms with Crippen molar-refractivity contribution in [2.45, 2.75) is 244 Å². The van der Waals surface area contributed by atoms with Crippen molar-refractivity contribution in [1.29, 1.82) is 0 Å². The van der Waals surface area contributed by atoms with Crippen LogP contribution in [0, 0.1) is 0 Å². The van der Waals surface area contributed by atoms with Gasteiger partial charge < -0.3 is 23.8 Å². The highest BCUT2D eigenvalue weighted by molar-refractivity contribution is 5.72. The number of carboxylic acid groups (broad SMARTS) is 1. The van der Waals surface area contributed by atoms with Crippen molar-refractivity contribution in [3.63, 3.8) is 0 Å². The number of rotatable bonds is 45. The van der Waals surface area contributed by atoms with E-state index >= 15 is 0 Å². The van der Waals surface area contributed by atoms with Crippen molar-refractivity contribution < 1.29 is 38.2 Å². The molecule has 0 aliphatic heterocycles. The molecule has 0 aliphatic carbocycles. The Balaban J connectivity index is 4.27. The molecular formula is C51H96NO7+. The number of carbonyl (C=O) groups is 3. The van der Waals surface area contributed by atoms with Crippen LogP contribution in [0.3, 0.4) is 0 Å². The second-order valence-electron chi connectivity index (χ2n) is 18.1. The van der Waals surface area contributed by atoms with Gasteiger partial charge in [0.05, 0.1) is 34.4 Å². The highest BCUT2D eigenvalue weighted by Crippen LogP contribution is 2.15. The topological polar surface area (TPSA) is 99.1 Å². The standard InChI is InChI=1S/C51H95NO7/c1-6-8-10-12-14-16-18-20-22-24-26-27-29-31-33-35-37-39-41-49(53)58-46-47(45-57-44-43-48(51(55)56)52(3,4)5)59-50(54)42-40-38-36-34-32-30-28-25-23-21-19-17-15-13-11-9-7-2/h21,23,26-27,47-48H,6-20,22,24-25,28-46H2,1-5H3/p+1/b23-21+,27-26+. The van der Waals surface area contributed by atoms with Gasteiger partial charge in [0.2, 0.25) is 0 Å². The number of esters is 2. The maximum Gasteiger partial charge on any atom is 0.362 e. The predicted octanol–water partition coefficient (Wildman–Crippen LogP) is 14.0. The molecule has 0 aromatic carbocycles. The zero-order valence-corrected chi connectivity index (χ0v) is 39.5. The van der Waals surface area contributed by atoms with Crippen LogP contribution in [0.5, 0.6) is 0 Å². The molecule has 2 atom stereocenters. The monoisotopic (exact) mass is 835 g/mol. The molecular weight excluding hydrogens is 739 g/mol. The fourth-order valence-electron chi connectivity index (χ4n) is 7.43. The highest BCUT2D eigenvalue weighted by atomic mass is 16.6. The van der Waals surface area contributed by atoms with Crippen molar-refractivity contribution in [2.75, 3.05) is 41.0 Å². The molecule has 0 spiro atoms. The van der Waals surface area contributed by atoms with Crippen LogP contribution in [0.15, 0.2) is 24.3 Å². The summed E-state index contributed by atoms with van der Waals surface area (Å²) in [7, 11) is 5.53. The number of hydrogen-bond acceptors (Lipinski definition) is 6. The van der Waals surface area contributed by atoms with E-state index in [4.69, 9.17) is 14.2 Å². The quantitative estimate of drug-likeness (QED) is 0.0282. The van der Waals surface area contributed by atoms with Gasteiger partial charge in [0.1, 0.15) is 6.61 Å². The van der Waals surface area contributed by atoms with Crippen LogP contribution in [0.4, 0.5) is 0 Å². The number of aliphatic carboxylic acids is 1. The number of hydrogen-bond donors (Lipinski definition) is 1. The smallest absolute Gasteiger partial charge is 0.362 e. The lowest BCUT2D eigenvalue weighted by Crippen LogP contribution is -2.50. The van der Waals surface area contributed by atoms with Crippen LogP contribution < -0.4 is 0 Å². The number of ether oxygens (including phenoxy) is 3. The van der Waals surface area contributed by atoms with Gasteiger partial charge in [-0.3, -0.25) is 9.59 Å². The number of likely N-dealkylation sites (N-methyl/N-ethyl adjacent to an activating group) is 1. The van der Waals surface area contributed by atoms with Gasteiger partial charge in [-0.1, -0.05) is 173 Å². The first-order valence-electron chi connectivity index (χ1n) is 24.9. The molecule has 0 fully saturated rings. The molecule has 0 saturated carbocycles.